The number of nitrogens with zero attached hydrogens (tertiary/aromatic N) is 2. The molecule has 29 heavy (non-hydrogen) atoms. The first-order valence-corrected chi connectivity index (χ1v) is 9.40. The number of amides is 2. The number of aryl methyl sites for hydroxylation is 1. The number of nitrogens with two attached hydrogens (primary N) is 1. The van der Waals surface area contributed by atoms with Crippen LogP contribution in [-0.4, -0.2) is 23.9 Å². The average molecular weight is 429 g/mol. The van der Waals surface area contributed by atoms with Crippen molar-refractivity contribution in [2.45, 2.75) is 25.9 Å². The Morgan fingerprint density at radius 1 is 1.28 bits per heavy atom. The van der Waals surface area contributed by atoms with Crippen LogP contribution < -0.4 is 15.5 Å². The van der Waals surface area contributed by atoms with Crippen molar-refractivity contribution in [3.8, 4) is 10.9 Å². The van der Waals surface area contributed by atoms with Crippen molar-refractivity contribution in [2.24, 2.45) is 17.6 Å². The second-order valence-electron chi connectivity index (χ2n) is 6.62. The van der Waals surface area contributed by atoms with Crippen LogP contribution in [0.5, 0.6) is 10.9 Å². The zero-order chi connectivity index (χ0) is 21.3. The molecule has 1 saturated carbocycles. The molecule has 2 aromatic rings. The predicted molar refractivity (Wildman–Crippen MR) is 98.3 cm³/mol. The van der Waals surface area contributed by atoms with Gasteiger partial charge < -0.3 is 10.5 Å². The summed E-state index contributed by atoms with van der Waals surface area (Å²) < 4.78 is 43.5. The Hall–Kier alpha value is -2.66. The van der Waals surface area contributed by atoms with Gasteiger partial charge in [0, 0.05) is 11.8 Å². The van der Waals surface area contributed by atoms with Gasteiger partial charge in [-0.2, -0.15) is 18.2 Å². The Morgan fingerprint density at radius 2 is 1.97 bits per heavy atom. The maximum atomic E-state index is 12.7. The van der Waals surface area contributed by atoms with Gasteiger partial charge in [-0.25, -0.2) is 4.98 Å². The summed E-state index contributed by atoms with van der Waals surface area (Å²) in [6.07, 6.45) is -3.01. The number of benzene rings is 1. The molecule has 7 nitrogen and oxygen atoms in total. The van der Waals surface area contributed by atoms with E-state index in [4.69, 9.17) is 15.3 Å². The predicted octanol–water partition coefficient (Wildman–Crippen LogP) is 3.67. The molecule has 2 amide bonds. The van der Waals surface area contributed by atoms with E-state index in [1.807, 2.05) is 0 Å². The van der Waals surface area contributed by atoms with E-state index in [9.17, 15) is 22.8 Å². The van der Waals surface area contributed by atoms with Gasteiger partial charge in [0.1, 0.15) is 10.6 Å². The van der Waals surface area contributed by atoms with E-state index in [1.165, 1.54) is 13.2 Å². The summed E-state index contributed by atoms with van der Waals surface area (Å²) in [6.45, 7) is 1.68. The van der Waals surface area contributed by atoms with Crippen LogP contribution in [0.4, 0.5) is 18.9 Å². The zero-order valence-corrected chi connectivity index (χ0v) is 16.3. The molecule has 0 bridgehead atoms. The first-order valence-electron chi connectivity index (χ1n) is 8.59. The molecule has 1 aliphatic carbocycles. The quantitative estimate of drug-likeness (QED) is 0.707. The molecule has 156 valence electrons. The molecule has 1 heterocycles. The highest BCUT2D eigenvalue weighted by Crippen LogP contribution is 2.39. The lowest BCUT2D eigenvalue weighted by Crippen LogP contribution is -2.45. The number of anilines is 1. The summed E-state index contributed by atoms with van der Waals surface area (Å²) in [4.78, 5) is 31.7. The van der Waals surface area contributed by atoms with Crippen molar-refractivity contribution in [1.82, 2.24) is 4.98 Å². The number of rotatable bonds is 6. The number of carbonyl (C=O) groups is 2. The van der Waals surface area contributed by atoms with Crippen LogP contribution in [0.25, 0.3) is 0 Å². The number of carbonyl (C=O) groups excluding carboxylic acids is 2. The van der Waals surface area contributed by atoms with Gasteiger partial charge in [-0.15, -0.1) is 0 Å². The molecule has 0 aliphatic heterocycles. The van der Waals surface area contributed by atoms with E-state index in [0.717, 1.165) is 5.06 Å². The Kier molecular flexibility index (Phi) is 5.80. The highest BCUT2D eigenvalue weighted by atomic mass is 32.1. The molecule has 2 N–H and O–H groups in total. The SMILES string of the molecule is CON(C(=O)C1CC(C(N)=O)C1)c1ccc(Oc2ncc(C(F)(F)F)s2)c(C)c1. The molecule has 3 rings (SSSR count). The summed E-state index contributed by atoms with van der Waals surface area (Å²) in [5, 5.41) is 0.976. The number of primary amides is 1. The standard InChI is InChI=1S/C18H18F3N3O4S/c1-9-5-12(24(27-2)16(26)11-6-10(7-11)15(22)25)3-4-13(9)28-17-23-8-14(29-17)18(19,20)21/h3-5,8,10-11H,6-7H2,1-2H3,(H2,22,25). The molecule has 0 unspecified atom stereocenters. The Labute approximate surface area is 168 Å². The van der Waals surface area contributed by atoms with E-state index >= 15 is 0 Å². The summed E-state index contributed by atoms with van der Waals surface area (Å²) in [6, 6.07) is 4.68. The third kappa shape index (κ3) is 4.51. The number of hydrogen-bond acceptors (Lipinski definition) is 6. The van der Waals surface area contributed by atoms with Crippen LogP contribution in [0.15, 0.2) is 24.4 Å². The smallest absolute Gasteiger partial charge is 0.427 e. The second kappa shape index (κ2) is 7.99. The van der Waals surface area contributed by atoms with E-state index in [-0.39, 0.29) is 22.9 Å². The molecule has 0 radical (unpaired) electrons. The van der Waals surface area contributed by atoms with E-state index in [0.29, 0.717) is 47.4 Å². The number of ether oxygens (including phenoxy) is 1. The second-order valence-corrected chi connectivity index (χ2v) is 7.62. The zero-order valence-electron chi connectivity index (χ0n) is 15.5. The molecule has 0 spiro atoms. The molecular weight excluding hydrogens is 411 g/mol. The van der Waals surface area contributed by atoms with Gasteiger partial charge in [-0.3, -0.25) is 14.4 Å². The summed E-state index contributed by atoms with van der Waals surface area (Å²) in [5.74, 6) is -1.09. The lowest BCUT2D eigenvalue weighted by molar-refractivity contribution is -0.137. The normalized spacial score (nSPS) is 18.8. The van der Waals surface area contributed by atoms with Gasteiger partial charge in [-0.1, -0.05) is 11.3 Å². The first kappa shape index (κ1) is 21.1. The molecular formula is C18H18F3N3O4S. The van der Waals surface area contributed by atoms with Crippen LogP contribution in [0.3, 0.4) is 0 Å². The third-order valence-corrected chi connectivity index (χ3v) is 5.55. The number of hydrogen-bond donors (Lipinski definition) is 1. The van der Waals surface area contributed by atoms with Crippen molar-refractivity contribution in [3.05, 3.63) is 34.8 Å². The third-order valence-electron chi connectivity index (χ3n) is 4.63. The van der Waals surface area contributed by atoms with Crippen molar-refractivity contribution in [1.29, 1.82) is 0 Å². The minimum Gasteiger partial charge on any atom is -0.431 e. The van der Waals surface area contributed by atoms with Gasteiger partial charge in [0.05, 0.1) is 19.0 Å². The van der Waals surface area contributed by atoms with Gasteiger partial charge in [0.15, 0.2) is 0 Å². The highest BCUT2D eigenvalue weighted by molar-refractivity contribution is 7.13. The van der Waals surface area contributed by atoms with E-state index in [1.54, 1.807) is 19.1 Å². The van der Waals surface area contributed by atoms with Crippen LogP contribution in [0.1, 0.15) is 23.3 Å². The minimum atomic E-state index is -4.48. The fourth-order valence-corrected chi connectivity index (χ4v) is 3.59. The van der Waals surface area contributed by atoms with Crippen molar-refractivity contribution >= 4 is 28.8 Å². The average Bonchev–Trinajstić information content (AvgIpc) is 3.05. The van der Waals surface area contributed by atoms with Crippen LogP contribution in [0.2, 0.25) is 0 Å². The largest absolute Gasteiger partial charge is 0.431 e. The fourth-order valence-electron chi connectivity index (χ4n) is 2.95. The van der Waals surface area contributed by atoms with Gasteiger partial charge in [0.25, 0.3) is 11.1 Å². The van der Waals surface area contributed by atoms with E-state index < -0.39 is 17.0 Å². The van der Waals surface area contributed by atoms with Crippen molar-refractivity contribution in [3.63, 3.8) is 0 Å². The Balaban J connectivity index is 1.71. The van der Waals surface area contributed by atoms with E-state index in [2.05, 4.69) is 4.98 Å². The monoisotopic (exact) mass is 429 g/mol. The Morgan fingerprint density at radius 3 is 2.48 bits per heavy atom. The lowest BCUT2D eigenvalue weighted by Gasteiger charge is -2.34. The number of hydroxylamine groups is 1. The molecule has 1 aromatic carbocycles. The first-order chi connectivity index (χ1) is 13.6. The van der Waals surface area contributed by atoms with Gasteiger partial charge >= 0.3 is 6.18 Å². The maximum absolute atomic E-state index is 12.7. The van der Waals surface area contributed by atoms with Gasteiger partial charge in [-0.05, 0) is 43.5 Å². The number of halogens is 3. The lowest BCUT2D eigenvalue weighted by atomic mass is 9.74. The summed E-state index contributed by atoms with van der Waals surface area (Å²) in [7, 11) is 1.34. The topological polar surface area (TPSA) is 94.8 Å². The van der Waals surface area contributed by atoms with Crippen LogP contribution >= 0.6 is 11.3 Å². The fraction of sp³-hybridized carbons (Fsp3) is 0.389. The molecule has 1 fully saturated rings. The number of alkyl halides is 3. The number of thiazole rings is 1. The molecule has 11 heteroatoms. The summed E-state index contributed by atoms with van der Waals surface area (Å²) in [5.41, 5.74) is 6.23. The molecule has 1 aliphatic rings. The van der Waals surface area contributed by atoms with Crippen LogP contribution in [0, 0.1) is 18.8 Å². The minimum absolute atomic E-state index is 0.139. The maximum Gasteiger partial charge on any atom is 0.427 e. The van der Waals surface area contributed by atoms with Crippen LogP contribution in [-0.2, 0) is 20.6 Å². The Bertz CT molecular complexity index is 925. The van der Waals surface area contributed by atoms with Crippen molar-refractivity contribution in [2.75, 3.05) is 12.2 Å². The number of aromatic nitrogens is 1. The highest BCUT2D eigenvalue weighted by Gasteiger charge is 2.40. The van der Waals surface area contributed by atoms with Crippen molar-refractivity contribution < 1.29 is 32.3 Å². The summed E-state index contributed by atoms with van der Waals surface area (Å²) >= 11 is 0.395. The molecule has 1 aromatic heterocycles. The molecule has 0 saturated heterocycles. The van der Waals surface area contributed by atoms with Gasteiger partial charge in [0.2, 0.25) is 5.91 Å². The molecule has 0 atom stereocenters.